The monoisotopic (exact) mass is 267 g/mol. The number of carbonyl (C=O) groups excluding carboxylic acids is 2. The molecular weight excluding hydrogens is 246 g/mol. The molecule has 1 rings (SSSR count). The van der Waals surface area contributed by atoms with Crippen LogP contribution in [0.25, 0.3) is 0 Å². The summed E-state index contributed by atoms with van der Waals surface area (Å²) in [7, 11) is 0. The van der Waals surface area contributed by atoms with Crippen LogP contribution in [0.15, 0.2) is 0 Å². The Morgan fingerprint density at radius 3 is 2.58 bits per heavy atom. The largest absolute Gasteiger partial charge is 0.395 e. The lowest BCUT2D eigenvalue weighted by molar-refractivity contribution is -0.120. The summed E-state index contributed by atoms with van der Waals surface area (Å²) in [4.78, 5) is 23.0. The predicted molar refractivity (Wildman–Crippen MR) is 72.7 cm³/mol. The van der Waals surface area contributed by atoms with Gasteiger partial charge < -0.3 is 16.4 Å². The number of nitrogens with one attached hydrogen (secondary N) is 3. The second kappa shape index (κ2) is 6.77. The molecule has 7 heteroatoms. The zero-order valence-electron chi connectivity index (χ0n) is 11.5. The molecule has 0 radical (unpaired) electrons. The number of anilines is 1. The molecule has 0 unspecified atom stereocenters. The van der Waals surface area contributed by atoms with E-state index in [0.29, 0.717) is 12.2 Å². The SMILES string of the molecule is CCNC(=O)CCNC(=O)c1n[nH]c(C(C)C)c1N. The van der Waals surface area contributed by atoms with Crippen LogP contribution < -0.4 is 16.4 Å². The zero-order chi connectivity index (χ0) is 14.4. The second-order valence-corrected chi connectivity index (χ2v) is 4.51. The predicted octanol–water partition coefficient (Wildman–Crippen LogP) is 0.371. The van der Waals surface area contributed by atoms with Crippen molar-refractivity contribution in [3.05, 3.63) is 11.4 Å². The van der Waals surface area contributed by atoms with Crippen LogP contribution in [0.3, 0.4) is 0 Å². The molecule has 0 fully saturated rings. The van der Waals surface area contributed by atoms with Crippen LogP contribution in [0.1, 0.15) is 49.3 Å². The van der Waals surface area contributed by atoms with E-state index in [0.717, 1.165) is 5.69 Å². The van der Waals surface area contributed by atoms with Crippen LogP contribution in [0.5, 0.6) is 0 Å². The first-order chi connectivity index (χ1) is 8.97. The first-order valence-electron chi connectivity index (χ1n) is 6.36. The molecule has 0 bridgehead atoms. The van der Waals surface area contributed by atoms with Crippen molar-refractivity contribution < 1.29 is 9.59 Å². The van der Waals surface area contributed by atoms with Gasteiger partial charge >= 0.3 is 0 Å². The topological polar surface area (TPSA) is 113 Å². The van der Waals surface area contributed by atoms with Crippen LogP contribution in [-0.4, -0.2) is 35.1 Å². The summed E-state index contributed by atoms with van der Waals surface area (Å²) in [6.45, 7) is 6.60. The highest BCUT2D eigenvalue weighted by Gasteiger charge is 2.18. The Morgan fingerprint density at radius 1 is 1.37 bits per heavy atom. The minimum Gasteiger partial charge on any atom is -0.395 e. The molecule has 0 aliphatic heterocycles. The Labute approximate surface area is 112 Å². The molecule has 0 atom stereocenters. The number of nitrogen functional groups attached to an aromatic ring is 1. The lowest BCUT2D eigenvalue weighted by atomic mass is 10.1. The van der Waals surface area contributed by atoms with E-state index in [1.807, 2.05) is 20.8 Å². The fourth-order valence-corrected chi connectivity index (χ4v) is 1.64. The van der Waals surface area contributed by atoms with Crippen molar-refractivity contribution in [3.63, 3.8) is 0 Å². The van der Waals surface area contributed by atoms with Gasteiger partial charge in [0.2, 0.25) is 5.91 Å². The molecule has 1 heterocycles. The number of aromatic nitrogens is 2. The number of nitrogens with zero attached hydrogens (tertiary/aromatic N) is 1. The maximum Gasteiger partial charge on any atom is 0.273 e. The van der Waals surface area contributed by atoms with Gasteiger partial charge in [-0.2, -0.15) is 5.10 Å². The molecule has 1 aromatic rings. The third-order valence-electron chi connectivity index (χ3n) is 2.64. The van der Waals surface area contributed by atoms with Gasteiger partial charge in [0.05, 0.1) is 11.4 Å². The Morgan fingerprint density at radius 2 is 2.05 bits per heavy atom. The highest BCUT2D eigenvalue weighted by atomic mass is 16.2. The molecule has 7 nitrogen and oxygen atoms in total. The van der Waals surface area contributed by atoms with Crippen molar-refractivity contribution >= 4 is 17.5 Å². The van der Waals surface area contributed by atoms with Crippen LogP contribution in [0.2, 0.25) is 0 Å². The molecular formula is C12H21N5O2. The summed E-state index contributed by atoms with van der Waals surface area (Å²) in [6.07, 6.45) is 0.237. The molecule has 1 aromatic heterocycles. The average molecular weight is 267 g/mol. The summed E-state index contributed by atoms with van der Waals surface area (Å²) >= 11 is 0. The highest BCUT2D eigenvalue weighted by molar-refractivity contribution is 5.97. The third kappa shape index (κ3) is 3.97. The van der Waals surface area contributed by atoms with E-state index in [4.69, 9.17) is 5.73 Å². The number of hydrogen-bond donors (Lipinski definition) is 4. The lowest BCUT2D eigenvalue weighted by Gasteiger charge is -2.05. The van der Waals surface area contributed by atoms with E-state index in [1.165, 1.54) is 0 Å². The van der Waals surface area contributed by atoms with Crippen molar-refractivity contribution in [2.45, 2.75) is 33.1 Å². The van der Waals surface area contributed by atoms with E-state index >= 15 is 0 Å². The van der Waals surface area contributed by atoms with Gasteiger partial charge in [0.15, 0.2) is 5.69 Å². The summed E-state index contributed by atoms with van der Waals surface area (Å²) < 4.78 is 0. The maximum atomic E-state index is 11.8. The number of rotatable bonds is 6. The van der Waals surface area contributed by atoms with E-state index in [2.05, 4.69) is 20.8 Å². The van der Waals surface area contributed by atoms with Crippen LogP contribution in [0, 0.1) is 0 Å². The van der Waals surface area contributed by atoms with Gasteiger partial charge in [-0.1, -0.05) is 13.8 Å². The first kappa shape index (κ1) is 15.0. The molecule has 0 aliphatic rings. The van der Waals surface area contributed by atoms with Gasteiger partial charge in [0.25, 0.3) is 5.91 Å². The molecule has 0 spiro atoms. The summed E-state index contributed by atoms with van der Waals surface area (Å²) in [5.74, 6) is -0.296. The number of H-pyrrole nitrogens is 1. The molecule has 0 saturated carbocycles. The number of nitrogens with two attached hydrogens (primary N) is 1. The minimum atomic E-state index is -0.370. The second-order valence-electron chi connectivity index (χ2n) is 4.51. The fraction of sp³-hybridized carbons (Fsp3) is 0.583. The fourth-order valence-electron chi connectivity index (χ4n) is 1.64. The maximum absolute atomic E-state index is 11.8. The van der Waals surface area contributed by atoms with E-state index < -0.39 is 0 Å². The Kier molecular flexibility index (Phi) is 5.35. The van der Waals surface area contributed by atoms with Gasteiger partial charge in [0, 0.05) is 19.5 Å². The smallest absolute Gasteiger partial charge is 0.273 e. The quantitative estimate of drug-likeness (QED) is 0.596. The Balaban J connectivity index is 2.52. The number of hydrogen-bond acceptors (Lipinski definition) is 4. The van der Waals surface area contributed by atoms with E-state index in [9.17, 15) is 9.59 Å². The van der Waals surface area contributed by atoms with Crippen LogP contribution >= 0.6 is 0 Å². The standard InChI is InChI=1S/C12H21N5O2/c1-4-14-8(18)5-6-15-12(19)11-9(13)10(7(2)3)16-17-11/h7H,4-6,13H2,1-3H3,(H,14,18)(H,15,19)(H,16,17). The minimum absolute atomic E-state index is 0.0966. The summed E-state index contributed by atoms with van der Waals surface area (Å²) in [5, 5.41) is 11.9. The number of amides is 2. The molecule has 0 aromatic carbocycles. The molecule has 19 heavy (non-hydrogen) atoms. The van der Waals surface area contributed by atoms with Crippen molar-refractivity contribution in [3.8, 4) is 0 Å². The molecule has 0 saturated heterocycles. The first-order valence-corrected chi connectivity index (χ1v) is 6.36. The Bertz CT molecular complexity index is 453. The van der Waals surface area contributed by atoms with Crippen molar-refractivity contribution in [2.24, 2.45) is 0 Å². The van der Waals surface area contributed by atoms with Gasteiger partial charge in [0.1, 0.15) is 0 Å². The van der Waals surface area contributed by atoms with Gasteiger partial charge in [-0.15, -0.1) is 0 Å². The van der Waals surface area contributed by atoms with Crippen molar-refractivity contribution in [1.29, 1.82) is 0 Å². The van der Waals surface area contributed by atoms with Gasteiger partial charge in [-0.05, 0) is 12.8 Å². The van der Waals surface area contributed by atoms with Gasteiger partial charge in [-0.3, -0.25) is 14.7 Å². The highest BCUT2D eigenvalue weighted by Crippen LogP contribution is 2.21. The molecule has 2 amide bonds. The van der Waals surface area contributed by atoms with E-state index in [1.54, 1.807) is 0 Å². The normalized spacial score (nSPS) is 10.5. The summed E-state index contributed by atoms with van der Waals surface area (Å²) in [6, 6.07) is 0. The number of aromatic amines is 1. The Hall–Kier alpha value is -2.05. The number of carbonyl (C=O) groups is 2. The van der Waals surface area contributed by atoms with Crippen LogP contribution in [0.4, 0.5) is 5.69 Å². The van der Waals surface area contributed by atoms with E-state index in [-0.39, 0.29) is 36.4 Å². The molecule has 0 aliphatic carbocycles. The van der Waals surface area contributed by atoms with Crippen molar-refractivity contribution in [1.82, 2.24) is 20.8 Å². The lowest BCUT2D eigenvalue weighted by Crippen LogP contribution is -2.31. The summed E-state index contributed by atoms with van der Waals surface area (Å²) in [5.41, 5.74) is 7.14. The average Bonchev–Trinajstić information content (AvgIpc) is 2.71. The zero-order valence-corrected chi connectivity index (χ0v) is 11.5. The van der Waals surface area contributed by atoms with Gasteiger partial charge in [-0.25, -0.2) is 0 Å². The van der Waals surface area contributed by atoms with Crippen LogP contribution in [-0.2, 0) is 4.79 Å². The van der Waals surface area contributed by atoms with Crippen molar-refractivity contribution in [2.75, 3.05) is 18.8 Å². The molecule has 5 N–H and O–H groups in total. The molecule has 106 valence electrons. The third-order valence-corrected chi connectivity index (χ3v) is 2.64.